The van der Waals surface area contributed by atoms with Gasteiger partial charge >= 0.3 is 0 Å². The van der Waals surface area contributed by atoms with Crippen molar-refractivity contribution in [2.24, 2.45) is 0 Å². The number of methoxy groups -OCH3 is 4. The standard InChI is InChI=1S/C23H22O5/c1-25-20-12-10-17(16-7-5-6-8-18(16)20)19(24)11-9-15-13-22(27-3)23(28-4)14-21(15)26-2/h5-14H,1-4H3/b11-9+. The lowest BCUT2D eigenvalue weighted by atomic mass is 10.00. The van der Waals surface area contributed by atoms with Crippen molar-refractivity contribution in [2.75, 3.05) is 28.4 Å². The SMILES string of the molecule is COc1cc(OC)c(OC)cc1/C=C/C(=O)c1ccc(OC)c2ccccc12. The summed E-state index contributed by atoms with van der Waals surface area (Å²) in [6.07, 6.45) is 3.24. The monoisotopic (exact) mass is 378 g/mol. The Bertz CT molecular complexity index is 1040. The summed E-state index contributed by atoms with van der Waals surface area (Å²) >= 11 is 0. The molecule has 0 atom stereocenters. The van der Waals surface area contributed by atoms with E-state index in [0.717, 1.165) is 16.5 Å². The highest BCUT2D eigenvalue weighted by Gasteiger charge is 2.13. The lowest BCUT2D eigenvalue weighted by molar-refractivity contribution is 0.104. The van der Waals surface area contributed by atoms with Crippen LogP contribution in [-0.2, 0) is 0 Å². The van der Waals surface area contributed by atoms with Crippen LogP contribution in [-0.4, -0.2) is 34.2 Å². The first kappa shape index (κ1) is 19.3. The molecule has 5 nitrogen and oxygen atoms in total. The number of allylic oxidation sites excluding steroid dienone is 1. The zero-order valence-corrected chi connectivity index (χ0v) is 16.3. The molecular weight excluding hydrogens is 356 g/mol. The minimum Gasteiger partial charge on any atom is -0.496 e. The molecule has 0 aliphatic carbocycles. The lowest BCUT2D eigenvalue weighted by Crippen LogP contribution is -1.98. The van der Waals surface area contributed by atoms with Gasteiger partial charge in [-0.2, -0.15) is 0 Å². The maximum absolute atomic E-state index is 12.9. The second-order valence-electron chi connectivity index (χ2n) is 6.01. The van der Waals surface area contributed by atoms with Crippen LogP contribution in [0.5, 0.6) is 23.0 Å². The minimum absolute atomic E-state index is 0.115. The first-order valence-electron chi connectivity index (χ1n) is 8.71. The van der Waals surface area contributed by atoms with Crippen molar-refractivity contribution in [1.29, 1.82) is 0 Å². The van der Waals surface area contributed by atoms with Crippen LogP contribution in [0.25, 0.3) is 16.8 Å². The molecule has 3 aromatic carbocycles. The van der Waals surface area contributed by atoms with Gasteiger partial charge < -0.3 is 18.9 Å². The van der Waals surface area contributed by atoms with E-state index in [2.05, 4.69) is 0 Å². The molecule has 0 aliphatic heterocycles. The van der Waals surface area contributed by atoms with E-state index in [1.54, 1.807) is 58.8 Å². The van der Waals surface area contributed by atoms with E-state index in [-0.39, 0.29) is 5.78 Å². The second-order valence-corrected chi connectivity index (χ2v) is 6.01. The van der Waals surface area contributed by atoms with Crippen molar-refractivity contribution in [3.05, 3.63) is 65.7 Å². The van der Waals surface area contributed by atoms with Gasteiger partial charge in [0, 0.05) is 22.6 Å². The van der Waals surface area contributed by atoms with Crippen molar-refractivity contribution in [3.8, 4) is 23.0 Å². The minimum atomic E-state index is -0.115. The topological polar surface area (TPSA) is 54.0 Å². The molecule has 0 bridgehead atoms. The van der Waals surface area contributed by atoms with Crippen molar-refractivity contribution >= 4 is 22.6 Å². The first-order chi connectivity index (χ1) is 13.6. The third kappa shape index (κ3) is 3.64. The van der Waals surface area contributed by atoms with Crippen molar-refractivity contribution in [2.45, 2.75) is 0 Å². The summed E-state index contributed by atoms with van der Waals surface area (Å²) in [4.78, 5) is 12.9. The Morgan fingerprint density at radius 3 is 1.96 bits per heavy atom. The molecule has 0 aromatic heterocycles. The average molecular weight is 378 g/mol. The summed E-state index contributed by atoms with van der Waals surface area (Å²) in [5.74, 6) is 2.32. The molecule has 0 saturated heterocycles. The second kappa shape index (κ2) is 8.48. The van der Waals surface area contributed by atoms with Gasteiger partial charge in [-0.1, -0.05) is 24.3 Å². The third-order valence-corrected chi connectivity index (χ3v) is 4.52. The molecule has 0 fully saturated rings. The Labute approximate surface area is 164 Å². The highest BCUT2D eigenvalue weighted by Crippen LogP contribution is 2.35. The van der Waals surface area contributed by atoms with Crippen LogP contribution in [0.2, 0.25) is 0 Å². The van der Waals surface area contributed by atoms with Crippen molar-refractivity contribution < 1.29 is 23.7 Å². The van der Waals surface area contributed by atoms with Crippen LogP contribution in [0, 0.1) is 0 Å². The van der Waals surface area contributed by atoms with Crippen LogP contribution in [0.3, 0.4) is 0 Å². The zero-order chi connectivity index (χ0) is 20.1. The zero-order valence-electron chi connectivity index (χ0n) is 16.3. The molecule has 0 unspecified atom stereocenters. The largest absolute Gasteiger partial charge is 0.496 e. The summed E-state index contributed by atoms with van der Waals surface area (Å²) < 4.78 is 21.4. The predicted molar refractivity (Wildman–Crippen MR) is 110 cm³/mol. The van der Waals surface area contributed by atoms with Crippen LogP contribution in [0.4, 0.5) is 0 Å². The van der Waals surface area contributed by atoms with Crippen molar-refractivity contribution in [1.82, 2.24) is 0 Å². The molecule has 0 radical (unpaired) electrons. The highest BCUT2D eigenvalue weighted by molar-refractivity contribution is 6.15. The van der Waals surface area contributed by atoms with Gasteiger partial charge in [-0.15, -0.1) is 0 Å². The molecule has 0 aliphatic rings. The molecule has 28 heavy (non-hydrogen) atoms. The van der Waals surface area contributed by atoms with E-state index in [1.807, 2.05) is 24.3 Å². The van der Waals surface area contributed by atoms with Gasteiger partial charge in [-0.25, -0.2) is 0 Å². The van der Waals surface area contributed by atoms with Crippen LogP contribution < -0.4 is 18.9 Å². The normalized spacial score (nSPS) is 10.9. The molecule has 0 heterocycles. The molecule has 3 aromatic rings. The number of benzene rings is 3. The molecule has 0 saturated carbocycles. The summed E-state index contributed by atoms with van der Waals surface area (Å²) in [7, 11) is 6.31. The Morgan fingerprint density at radius 1 is 0.714 bits per heavy atom. The van der Waals surface area contributed by atoms with E-state index >= 15 is 0 Å². The predicted octanol–water partition coefficient (Wildman–Crippen LogP) is 4.77. The molecular formula is C23H22O5. The van der Waals surface area contributed by atoms with E-state index in [0.29, 0.717) is 28.4 Å². The van der Waals surface area contributed by atoms with Gasteiger partial charge in [0.25, 0.3) is 0 Å². The number of ketones is 1. The fourth-order valence-electron chi connectivity index (χ4n) is 3.10. The van der Waals surface area contributed by atoms with Crippen LogP contribution in [0.1, 0.15) is 15.9 Å². The van der Waals surface area contributed by atoms with E-state index in [4.69, 9.17) is 18.9 Å². The van der Waals surface area contributed by atoms with Gasteiger partial charge in [-0.05, 0) is 35.7 Å². The summed E-state index contributed by atoms with van der Waals surface area (Å²) in [6.45, 7) is 0. The Kier molecular flexibility index (Phi) is 5.84. The molecule has 5 heteroatoms. The lowest BCUT2D eigenvalue weighted by Gasteiger charge is -2.12. The average Bonchev–Trinajstić information content (AvgIpc) is 2.75. The summed E-state index contributed by atoms with van der Waals surface area (Å²) in [5, 5.41) is 1.74. The van der Waals surface area contributed by atoms with E-state index in [9.17, 15) is 4.79 Å². The van der Waals surface area contributed by atoms with E-state index in [1.165, 1.54) is 6.08 Å². The number of ether oxygens (including phenoxy) is 4. The number of hydrogen-bond donors (Lipinski definition) is 0. The summed E-state index contributed by atoms with van der Waals surface area (Å²) in [5.41, 5.74) is 1.32. The number of rotatable bonds is 7. The first-order valence-corrected chi connectivity index (χ1v) is 8.71. The molecule has 0 N–H and O–H groups in total. The van der Waals surface area contributed by atoms with Crippen LogP contribution in [0.15, 0.2) is 54.6 Å². The number of hydrogen-bond acceptors (Lipinski definition) is 5. The van der Waals surface area contributed by atoms with Gasteiger partial charge in [0.2, 0.25) is 0 Å². The number of carbonyl (C=O) groups is 1. The molecule has 0 spiro atoms. The highest BCUT2D eigenvalue weighted by atomic mass is 16.5. The maximum atomic E-state index is 12.9. The molecule has 3 rings (SSSR count). The quantitative estimate of drug-likeness (QED) is 0.438. The number of fused-ring (bicyclic) bond motifs is 1. The van der Waals surface area contributed by atoms with Gasteiger partial charge in [0.05, 0.1) is 28.4 Å². The van der Waals surface area contributed by atoms with E-state index < -0.39 is 0 Å². The van der Waals surface area contributed by atoms with Gasteiger partial charge in [-0.3, -0.25) is 4.79 Å². The van der Waals surface area contributed by atoms with Crippen molar-refractivity contribution in [3.63, 3.8) is 0 Å². The third-order valence-electron chi connectivity index (χ3n) is 4.52. The van der Waals surface area contributed by atoms with Crippen LogP contribution >= 0.6 is 0 Å². The smallest absolute Gasteiger partial charge is 0.186 e. The Morgan fingerprint density at radius 2 is 1.32 bits per heavy atom. The summed E-state index contributed by atoms with van der Waals surface area (Å²) in [6, 6.07) is 14.8. The maximum Gasteiger partial charge on any atom is 0.186 e. The fraction of sp³-hybridized carbons (Fsp3) is 0.174. The molecule has 0 amide bonds. The Balaban J connectivity index is 2.00. The molecule has 144 valence electrons. The Hall–Kier alpha value is -3.47. The fourth-order valence-corrected chi connectivity index (χ4v) is 3.10. The number of carbonyl (C=O) groups excluding carboxylic acids is 1. The van der Waals surface area contributed by atoms with Gasteiger partial charge in [0.1, 0.15) is 11.5 Å². The van der Waals surface area contributed by atoms with Gasteiger partial charge in [0.15, 0.2) is 17.3 Å².